The first-order valence-corrected chi connectivity index (χ1v) is 8.78. The first-order valence-electron chi connectivity index (χ1n) is 8.02. The third-order valence-corrected chi connectivity index (χ3v) is 4.68. The minimum atomic E-state index is -0.0706. The second kappa shape index (κ2) is 7.86. The molecule has 0 radical (unpaired) electrons. The number of amides is 1. The van der Waals surface area contributed by atoms with Gasteiger partial charge in [-0.25, -0.2) is 4.98 Å². The molecule has 2 aromatic rings. The summed E-state index contributed by atoms with van der Waals surface area (Å²) in [7, 11) is 0. The zero-order valence-electron chi connectivity index (χ0n) is 13.3. The summed E-state index contributed by atoms with van der Waals surface area (Å²) in [5.41, 5.74) is 1.81. The predicted molar refractivity (Wildman–Crippen MR) is 97.7 cm³/mol. The number of carbonyl (C=O) groups is 1. The molecule has 0 unspecified atom stereocenters. The summed E-state index contributed by atoms with van der Waals surface area (Å²) in [5, 5.41) is 4.01. The molecule has 1 fully saturated rings. The van der Waals surface area contributed by atoms with Crippen molar-refractivity contribution in [1.82, 2.24) is 10.3 Å². The predicted octanol–water partition coefficient (Wildman–Crippen LogP) is 3.85. The van der Waals surface area contributed by atoms with E-state index in [4.69, 9.17) is 23.2 Å². The third-order valence-electron chi connectivity index (χ3n) is 4.10. The standard InChI is InChI=1S/C18H19Cl2N3O/c19-15-4-3-14(16(20)11-15)10-18(24)22-12-13-5-6-21-17(9-13)23-7-1-2-8-23/h3-6,9,11H,1-2,7-8,10,12H2,(H,22,24). The Bertz CT molecular complexity index is 730. The van der Waals surface area contributed by atoms with E-state index < -0.39 is 0 Å². The van der Waals surface area contributed by atoms with Crippen LogP contribution in [0.25, 0.3) is 0 Å². The van der Waals surface area contributed by atoms with E-state index in [1.165, 1.54) is 12.8 Å². The van der Waals surface area contributed by atoms with Crippen LogP contribution in [0.1, 0.15) is 24.0 Å². The van der Waals surface area contributed by atoms with Gasteiger partial charge in [0.15, 0.2) is 0 Å². The number of pyridine rings is 1. The normalized spacial score (nSPS) is 14.0. The highest BCUT2D eigenvalue weighted by atomic mass is 35.5. The maximum atomic E-state index is 12.1. The van der Waals surface area contributed by atoms with E-state index in [0.29, 0.717) is 16.6 Å². The summed E-state index contributed by atoms with van der Waals surface area (Å²) >= 11 is 12.0. The lowest BCUT2D eigenvalue weighted by atomic mass is 10.1. The van der Waals surface area contributed by atoms with Gasteiger partial charge in [0.2, 0.25) is 5.91 Å². The quantitative estimate of drug-likeness (QED) is 0.877. The number of rotatable bonds is 5. The Labute approximate surface area is 151 Å². The van der Waals surface area contributed by atoms with E-state index in [0.717, 1.165) is 30.0 Å². The van der Waals surface area contributed by atoms with Crippen LogP contribution in [0.2, 0.25) is 10.0 Å². The van der Waals surface area contributed by atoms with Crippen molar-refractivity contribution in [1.29, 1.82) is 0 Å². The fourth-order valence-corrected chi connectivity index (χ4v) is 3.27. The number of hydrogen-bond donors (Lipinski definition) is 1. The highest BCUT2D eigenvalue weighted by Crippen LogP contribution is 2.21. The molecule has 1 saturated heterocycles. The number of aromatic nitrogens is 1. The number of hydrogen-bond acceptors (Lipinski definition) is 3. The second-order valence-corrected chi connectivity index (χ2v) is 6.75. The van der Waals surface area contributed by atoms with Crippen LogP contribution in [0.3, 0.4) is 0 Å². The number of benzene rings is 1. The van der Waals surface area contributed by atoms with Crippen molar-refractivity contribution in [2.75, 3.05) is 18.0 Å². The van der Waals surface area contributed by atoms with Crippen LogP contribution in [0, 0.1) is 0 Å². The zero-order chi connectivity index (χ0) is 16.9. The van der Waals surface area contributed by atoms with Crippen LogP contribution in [-0.2, 0) is 17.8 Å². The van der Waals surface area contributed by atoms with E-state index in [-0.39, 0.29) is 12.3 Å². The van der Waals surface area contributed by atoms with E-state index in [1.54, 1.807) is 24.4 Å². The first kappa shape index (κ1) is 17.1. The minimum absolute atomic E-state index is 0.0706. The topological polar surface area (TPSA) is 45.2 Å². The maximum absolute atomic E-state index is 12.1. The summed E-state index contributed by atoms with van der Waals surface area (Å²) < 4.78 is 0. The molecule has 0 bridgehead atoms. The number of nitrogens with one attached hydrogen (secondary N) is 1. The fourth-order valence-electron chi connectivity index (χ4n) is 2.79. The van der Waals surface area contributed by atoms with Crippen molar-refractivity contribution in [3.8, 4) is 0 Å². The van der Waals surface area contributed by atoms with Gasteiger partial charge in [0.05, 0.1) is 6.42 Å². The molecule has 126 valence electrons. The van der Waals surface area contributed by atoms with E-state index in [2.05, 4.69) is 15.2 Å². The maximum Gasteiger partial charge on any atom is 0.224 e. The van der Waals surface area contributed by atoms with Gasteiger partial charge in [-0.05, 0) is 48.2 Å². The van der Waals surface area contributed by atoms with Crippen LogP contribution in [0.5, 0.6) is 0 Å². The Kier molecular flexibility index (Phi) is 5.59. The molecule has 4 nitrogen and oxygen atoms in total. The molecule has 6 heteroatoms. The van der Waals surface area contributed by atoms with Gasteiger partial charge in [0.1, 0.15) is 5.82 Å². The lowest BCUT2D eigenvalue weighted by molar-refractivity contribution is -0.120. The average molecular weight is 364 g/mol. The van der Waals surface area contributed by atoms with Gasteiger partial charge in [-0.1, -0.05) is 29.3 Å². The van der Waals surface area contributed by atoms with E-state index in [9.17, 15) is 4.79 Å². The number of carbonyl (C=O) groups excluding carboxylic acids is 1. The van der Waals surface area contributed by atoms with Gasteiger partial charge in [-0.15, -0.1) is 0 Å². The van der Waals surface area contributed by atoms with Gasteiger partial charge < -0.3 is 10.2 Å². The molecule has 0 saturated carbocycles. The van der Waals surface area contributed by atoms with Crippen LogP contribution >= 0.6 is 23.2 Å². The number of anilines is 1. The van der Waals surface area contributed by atoms with Crippen molar-refractivity contribution >= 4 is 34.9 Å². The number of nitrogens with zero attached hydrogens (tertiary/aromatic N) is 2. The van der Waals surface area contributed by atoms with Crippen LogP contribution in [0.4, 0.5) is 5.82 Å². The lowest BCUT2D eigenvalue weighted by Crippen LogP contribution is -2.25. The minimum Gasteiger partial charge on any atom is -0.357 e. The molecule has 0 spiro atoms. The van der Waals surface area contributed by atoms with Gasteiger partial charge in [0.25, 0.3) is 0 Å². The van der Waals surface area contributed by atoms with Crippen molar-refractivity contribution in [3.63, 3.8) is 0 Å². The second-order valence-electron chi connectivity index (χ2n) is 5.91. The van der Waals surface area contributed by atoms with E-state index >= 15 is 0 Å². The molecule has 1 aliphatic heterocycles. The Morgan fingerprint density at radius 1 is 1.17 bits per heavy atom. The molecule has 0 aliphatic carbocycles. The van der Waals surface area contributed by atoms with Crippen molar-refractivity contribution < 1.29 is 4.79 Å². The molecule has 1 amide bonds. The molecule has 2 heterocycles. The average Bonchev–Trinajstić information content (AvgIpc) is 3.10. The van der Waals surface area contributed by atoms with Crippen molar-refractivity contribution in [3.05, 3.63) is 57.7 Å². The number of halogens is 2. The van der Waals surface area contributed by atoms with Crippen LogP contribution in [-0.4, -0.2) is 24.0 Å². The van der Waals surface area contributed by atoms with Gasteiger partial charge in [-0.3, -0.25) is 4.79 Å². The van der Waals surface area contributed by atoms with Crippen molar-refractivity contribution in [2.24, 2.45) is 0 Å². The first-order chi connectivity index (χ1) is 11.6. The molecule has 1 aromatic carbocycles. The van der Waals surface area contributed by atoms with E-state index in [1.807, 2.05) is 12.1 Å². The smallest absolute Gasteiger partial charge is 0.224 e. The van der Waals surface area contributed by atoms with Crippen LogP contribution < -0.4 is 10.2 Å². The van der Waals surface area contributed by atoms with Crippen molar-refractivity contribution in [2.45, 2.75) is 25.8 Å². The fraction of sp³-hybridized carbons (Fsp3) is 0.333. The zero-order valence-corrected chi connectivity index (χ0v) is 14.8. The molecule has 3 rings (SSSR count). The summed E-state index contributed by atoms with van der Waals surface area (Å²) in [6.07, 6.45) is 4.46. The largest absolute Gasteiger partial charge is 0.357 e. The molecule has 24 heavy (non-hydrogen) atoms. The Morgan fingerprint density at radius 3 is 2.71 bits per heavy atom. The summed E-state index contributed by atoms with van der Waals surface area (Å²) in [4.78, 5) is 18.8. The molecule has 1 aromatic heterocycles. The molecule has 0 atom stereocenters. The monoisotopic (exact) mass is 363 g/mol. The highest BCUT2D eigenvalue weighted by molar-refractivity contribution is 6.35. The third kappa shape index (κ3) is 4.40. The molecular formula is C18H19Cl2N3O. The molecule has 1 aliphatic rings. The molecular weight excluding hydrogens is 345 g/mol. The van der Waals surface area contributed by atoms with Gasteiger partial charge >= 0.3 is 0 Å². The SMILES string of the molecule is O=C(Cc1ccc(Cl)cc1Cl)NCc1ccnc(N2CCCC2)c1. The highest BCUT2D eigenvalue weighted by Gasteiger charge is 2.14. The summed E-state index contributed by atoms with van der Waals surface area (Å²) in [6.45, 7) is 2.59. The Hall–Kier alpha value is -1.78. The summed E-state index contributed by atoms with van der Waals surface area (Å²) in [6, 6.07) is 9.14. The summed E-state index contributed by atoms with van der Waals surface area (Å²) in [5.74, 6) is 0.916. The lowest BCUT2D eigenvalue weighted by Gasteiger charge is -2.17. The van der Waals surface area contributed by atoms with Crippen LogP contribution in [0.15, 0.2) is 36.5 Å². The van der Waals surface area contributed by atoms with Gasteiger partial charge in [0, 0.05) is 35.9 Å². The molecule has 1 N–H and O–H groups in total. The Morgan fingerprint density at radius 2 is 1.96 bits per heavy atom. The van der Waals surface area contributed by atoms with Gasteiger partial charge in [-0.2, -0.15) is 0 Å². The Balaban J connectivity index is 1.57.